The van der Waals surface area contributed by atoms with Gasteiger partial charge >= 0.3 is 0 Å². The molecule has 0 atom stereocenters. The highest BCUT2D eigenvalue weighted by atomic mass is 35.5. The number of rotatable bonds is 2. The minimum Gasteiger partial charge on any atom is -0.496 e. The summed E-state index contributed by atoms with van der Waals surface area (Å²) in [4.78, 5) is 2.93. The van der Waals surface area contributed by atoms with E-state index in [2.05, 4.69) is 4.98 Å². The molecule has 4 nitrogen and oxygen atoms in total. The summed E-state index contributed by atoms with van der Waals surface area (Å²) in [6.45, 7) is 0. The van der Waals surface area contributed by atoms with Gasteiger partial charge < -0.3 is 15.5 Å². The second kappa shape index (κ2) is 4.40. The van der Waals surface area contributed by atoms with Gasteiger partial charge in [0.2, 0.25) is 0 Å². The highest BCUT2D eigenvalue weighted by molar-refractivity contribution is 6.31. The van der Waals surface area contributed by atoms with E-state index in [1.54, 1.807) is 31.4 Å². The van der Waals surface area contributed by atoms with Crippen molar-refractivity contribution in [1.29, 1.82) is 5.26 Å². The molecule has 2 aromatic rings. The Hall–Kier alpha value is -2.12. The van der Waals surface area contributed by atoms with Crippen LogP contribution in [0.4, 0.5) is 5.82 Å². The van der Waals surface area contributed by atoms with Gasteiger partial charge in [-0.2, -0.15) is 5.26 Å². The Kier molecular flexibility index (Phi) is 2.94. The summed E-state index contributed by atoms with van der Waals surface area (Å²) in [6, 6.07) is 8.94. The van der Waals surface area contributed by atoms with Crippen molar-refractivity contribution in [2.24, 2.45) is 0 Å². The van der Waals surface area contributed by atoms with Crippen LogP contribution in [0.25, 0.3) is 11.3 Å². The zero-order valence-corrected chi connectivity index (χ0v) is 9.88. The monoisotopic (exact) mass is 247 g/mol. The van der Waals surface area contributed by atoms with Gasteiger partial charge in [-0.1, -0.05) is 11.6 Å². The fraction of sp³-hybridized carbons (Fsp3) is 0.0833. The molecule has 17 heavy (non-hydrogen) atoms. The van der Waals surface area contributed by atoms with Crippen molar-refractivity contribution in [3.05, 3.63) is 34.9 Å². The Labute approximate surface area is 104 Å². The van der Waals surface area contributed by atoms with Crippen LogP contribution in [0.5, 0.6) is 5.75 Å². The van der Waals surface area contributed by atoms with Crippen LogP contribution in [0.1, 0.15) is 5.56 Å². The van der Waals surface area contributed by atoms with Crippen molar-refractivity contribution in [1.82, 2.24) is 4.98 Å². The Bertz CT molecular complexity index is 598. The molecule has 0 spiro atoms. The van der Waals surface area contributed by atoms with Gasteiger partial charge in [0.25, 0.3) is 0 Å². The molecule has 0 aliphatic carbocycles. The average Bonchev–Trinajstić information content (AvgIpc) is 2.70. The molecule has 0 unspecified atom stereocenters. The summed E-state index contributed by atoms with van der Waals surface area (Å²) in [6.07, 6.45) is 0. The van der Waals surface area contributed by atoms with Gasteiger partial charge in [0.05, 0.1) is 18.4 Å². The molecule has 3 N–H and O–H groups in total. The molecule has 5 heteroatoms. The van der Waals surface area contributed by atoms with Crippen LogP contribution in [-0.2, 0) is 0 Å². The second-order valence-corrected chi connectivity index (χ2v) is 3.90. The summed E-state index contributed by atoms with van der Waals surface area (Å²) in [5.41, 5.74) is 7.55. The van der Waals surface area contributed by atoms with E-state index < -0.39 is 0 Å². The molecule has 0 bridgehead atoms. The number of nitrogens with two attached hydrogens (primary N) is 1. The Morgan fingerprint density at radius 3 is 2.76 bits per heavy atom. The highest BCUT2D eigenvalue weighted by Crippen LogP contribution is 2.33. The Morgan fingerprint density at radius 1 is 1.41 bits per heavy atom. The average molecular weight is 248 g/mol. The first-order valence-corrected chi connectivity index (χ1v) is 5.26. The summed E-state index contributed by atoms with van der Waals surface area (Å²) in [7, 11) is 1.57. The normalized spacial score (nSPS) is 9.94. The minimum absolute atomic E-state index is 0.338. The maximum absolute atomic E-state index is 8.85. The standard InChI is InChI=1S/C12H10ClN3O/c1-17-11-3-2-8(13)5-9(11)10-4-7(6-14)12(15)16-10/h2-5,16H,15H2,1H3. The van der Waals surface area contributed by atoms with E-state index in [-0.39, 0.29) is 0 Å². The van der Waals surface area contributed by atoms with Crippen molar-refractivity contribution >= 4 is 17.4 Å². The van der Waals surface area contributed by atoms with Crippen LogP contribution in [0.2, 0.25) is 5.02 Å². The molecule has 0 saturated heterocycles. The highest BCUT2D eigenvalue weighted by Gasteiger charge is 2.11. The molecule has 1 aromatic heterocycles. The zero-order valence-electron chi connectivity index (χ0n) is 9.12. The fourth-order valence-corrected chi connectivity index (χ4v) is 1.77. The van der Waals surface area contributed by atoms with Gasteiger partial charge in [-0.25, -0.2) is 0 Å². The van der Waals surface area contributed by atoms with Crippen LogP contribution in [0.3, 0.4) is 0 Å². The van der Waals surface area contributed by atoms with Gasteiger partial charge in [-0.15, -0.1) is 0 Å². The van der Waals surface area contributed by atoms with Gasteiger partial charge in [0.15, 0.2) is 0 Å². The van der Waals surface area contributed by atoms with Crippen molar-refractivity contribution in [3.63, 3.8) is 0 Å². The first kappa shape index (κ1) is 11.4. The maximum Gasteiger partial charge on any atom is 0.128 e. The van der Waals surface area contributed by atoms with Crippen molar-refractivity contribution in [2.75, 3.05) is 12.8 Å². The first-order valence-electron chi connectivity index (χ1n) is 4.88. The van der Waals surface area contributed by atoms with Crippen molar-refractivity contribution < 1.29 is 4.74 Å². The summed E-state index contributed by atoms with van der Waals surface area (Å²) in [5, 5.41) is 9.44. The molecule has 0 saturated carbocycles. The van der Waals surface area contributed by atoms with E-state index in [0.717, 1.165) is 5.56 Å². The molecule has 0 fully saturated rings. The lowest BCUT2D eigenvalue weighted by atomic mass is 10.1. The summed E-state index contributed by atoms with van der Waals surface area (Å²) in [5.74, 6) is 1.00. The Morgan fingerprint density at radius 2 is 2.18 bits per heavy atom. The third kappa shape index (κ3) is 2.05. The van der Waals surface area contributed by atoms with Gasteiger partial charge in [0.1, 0.15) is 17.6 Å². The van der Waals surface area contributed by atoms with E-state index in [4.69, 9.17) is 27.3 Å². The number of nitrogen functional groups attached to an aromatic ring is 1. The van der Waals surface area contributed by atoms with Crippen molar-refractivity contribution in [3.8, 4) is 23.1 Å². The SMILES string of the molecule is COc1ccc(Cl)cc1-c1cc(C#N)c(N)[nH]1. The number of anilines is 1. The third-order valence-electron chi connectivity index (χ3n) is 2.42. The number of nitrogens with one attached hydrogen (secondary N) is 1. The predicted octanol–water partition coefficient (Wildman–Crippen LogP) is 2.80. The van der Waals surface area contributed by atoms with E-state index in [1.165, 1.54) is 0 Å². The lowest BCUT2D eigenvalue weighted by Crippen LogP contribution is -1.89. The number of aromatic amines is 1. The molecule has 86 valence electrons. The minimum atomic E-state index is 0.338. The first-order chi connectivity index (χ1) is 8.15. The number of ether oxygens (including phenoxy) is 1. The van der Waals surface area contributed by atoms with E-state index >= 15 is 0 Å². The summed E-state index contributed by atoms with van der Waals surface area (Å²) < 4.78 is 5.24. The molecule has 1 aromatic carbocycles. The topological polar surface area (TPSA) is 74.8 Å². The van der Waals surface area contributed by atoms with Crippen LogP contribution in [-0.4, -0.2) is 12.1 Å². The quantitative estimate of drug-likeness (QED) is 0.857. The molecule has 0 aliphatic rings. The van der Waals surface area contributed by atoms with Crippen LogP contribution < -0.4 is 10.5 Å². The third-order valence-corrected chi connectivity index (χ3v) is 2.66. The second-order valence-electron chi connectivity index (χ2n) is 3.47. The zero-order chi connectivity index (χ0) is 12.4. The van der Waals surface area contributed by atoms with Crippen LogP contribution in [0, 0.1) is 11.3 Å². The molecular weight excluding hydrogens is 238 g/mol. The Balaban J connectivity index is 2.59. The van der Waals surface area contributed by atoms with Crippen LogP contribution in [0.15, 0.2) is 24.3 Å². The number of benzene rings is 1. The molecular formula is C12H10ClN3O. The number of H-pyrrole nitrogens is 1. The molecule has 0 aliphatic heterocycles. The number of halogens is 1. The number of hydrogen-bond acceptors (Lipinski definition) is 3. The van der Waals surface area contributed by atoms with Gasteiger partial charge in [-0.3, -0.25) is 0 Å². The number of methoxy groups -OCH3 is 1. The van der Waals surface area contributed by atoms with E-state index in [0.29, 0.717) is 27.8 Å². The number of nitriles is 1. The van der Waals surface area contributed by atoms with Gasteiger partial charge in [-0.05, 0) is 24.3 Å². The maximum atomic E-state index is 8.85. The number of nitrogens with zero attached hydrogens (tertiary/aromatic N) is 1. The number of aromatic nitrogens is 1. The smallest absolute Gasteiger partial charge is 0.128 e. The summed E-state index contributed by atoms with van der Waals surface area (Å²) >= 11 is 5.94. The van der Waals surface area contributed by atoms with Gasteiger partial charge in [0, 0.05) is 10.6 Å². The molecule has 1 heterocycles. The molecule has 0 radical (unpaired) electrons. The molecule has 2 rings (SSSR count). The van der Waals surface area contributed by atoms with Crippen LogP contribution >= 0.6 is 11.6 Å². The lowest BCUT2D eigenvalue weighted by molar-refractivity contribution is 0.416. The largest absolute Gasteiger partial charge is 0.496 e. The molecule has 0 amide bonds. The van der Waals surface area contributed by atoms with E-state index in [1.807, 2.05) is 6.07 Å². The lowest BCUT2D eigenvalue weighted by Gasteiger charge is -2.06. The van der Waals surface area contributed by atoms with E-state index in [9.17, 15) is 0 Å². The fourth-order valence-electron chi connectivity index (χ4n) is 1.60. The predicted molar refractivity (Wildman–Crippen MR) is 66.9 cm³/mol. The number of hydrogen-bond donors (Lipinski definition) is 2. The van der Waals surface area contributed by atoms with Crippen molar-refractivity contribution in [2.45, 2.75) is 0 Å².